The summed E-state index contributed by atoms with van der Waals surface area (Å²) in [5.41, 5.74) is 0.725. The van der Waals surface area contributed by atoms with Crippen molar-refractivity contribution in [1.29, 1.82) is 0 Å². The zero-order valence-corrected chi connectivity index (χ0v) is 19.4. The highest BCUT2D eigenvalue weighted by atomic mass is 16.6. The fraction of sp³-hybridized carbons (Fsp3) is 0.320. The fourth-order valence-corrected chi connectivity index (χ4v) is 4.44. The van der Waals surface area contributed by atoms with Crippen molar-refractivity contribution in [2.75, 3.05) is 47.5 Å². The Balaban J connectivity index is 1.54. The molecule has 3 aromatic carbocycles. The van der Waals surface area contributed by atoms with Crippen molar-refractivity contribution in [3.8, 4) is 17.2 Å². The molecule has 9 heteroatoms. The van der Waals surface area contributed by atoms with Crippen LogP contribution in [0, 0.1) is 10.1 Å². The molecule has 1 aliphatic rings. The molecule has 1 aliphatic heterocycles. The van der Waals surface area contributed by atoms with Gasteiger partial charge in [-0.3, -0.25) is 19.8 Å². The molecule has 0 N–H and O–H groups in total. The van der Waals surface area contributed by atoms with Crippen LogP contribution >= 0.6 is 0 Å². The minimum Gasteiger partial charge on any atom is -0.493 e. The third kappa shape index (κ3) is 4.34. The molecule has 0 radical (unpaired) electrons. The highest BCUT2D eigenvalue weighted by Gasteiger charge is 2.35. The normalized spacial score (nSPS) is 14.1. The van der Waals surface area contributed by atoms with Crippen molar-refractivity contribution in [3.63, 3.8) is 0 Å². The second kappa shape index (κ2) is 9.96. The summed E-state index contributed by atoms with van der Waals surface area (Å²) in [6, 6.07) is 15.9. The summed E-state index contributed by atoms with van der Waals surface area (Å²) in [6.07, 6.45) is 0. The van der Waals surface area contributed by atoms with Crippen molar-refractivity contribution in [3.05, 3.63) is 69.8 Å². The highest BCUT2D eigenvalue weighted by Crippen LogP contribution is 2.46. The lowest BCUT2D eigenvalue weighted by molar-refractivity contribution is -0.386. The molecule has 0 unspecified atom stereocenters. The van der Waals surface area contributed by atoms with Crippen molar-refractivity contribution in [2.24, 2.45) is 0 Å². The maximum Gasteiger partial charge on any atom is 0.327 e. The summed E-state index contributed by atoms with van der Waals surface area (Å²) in [5, 5.41) is 14.3. The lowest BCUT2D eigenvalue weighted by atomic mass is 10.0. The molecule has 4 rings (SSSR count). The molecule has 1 saturated heterocycles. The van der Waals surface area contributed by atoms with Gasteiger partial charge in [-0.25, -0.2) is 0 Å². The SMILES string of the molecule is COc1cc(C(=O)N2CCN(Cc3cccc4ccccc34)CC2)c([N+](=O)[O-])c(OC)c1OC. The number of fused-ring (bicyclic) bond motifs is 1. The summed E-state index contributed by atoms with van der Waals surface area (Å²) in [4.78, 5) is 28.5. The predicted molar refractivity (Wildman–Crippen MR) is 128 cm³/mol. The standard InChI is InChI=1S/C25H27N3O6/c1-32-21-15-20(22(28(30)31)24(34-3)23(21)33-2)25(29)27-13-11-26(12-14-27)16-18-9-6-8-17-7-4-5-10-19(17)18/h4-10,15H,11-14,16H2,1-3H3. The van der Waals surface area contributed by atoms with Gasteiger partial charge in [-0.05, 0) is 16.3 Å². The molecule has 0 spiro atoms. The molecule has 0 bridgehead atoms. The van der Waals surface area contributed by atoms with E-state index in [9.17, 15) is 14.9 Å². The number of hydrogen-bond acceptors (Lipinski definition) is 7. The molecule has 9 nitrogen and oxygen atoms in total. The van der Waals surface area contributed by atoms with Gasteiger partial charge >= 0.3 is 5.69 Å². The molecule has 0 aliphatic carbocycles. The Kier molecular flexibility index (Phi) is 6.83. The second-order valence-corrected chi connectivity index (χ2v) is 8.01. The van der Waals surface area contributed by atoms with E-state index < -0.39 is 16.5 Å². The van der Waals surface area contributed by atoms with Crippen molar-refractivity contribution < 1.29 is 23.9 Å². The molecule has 178 valence electrons. The van der Waals surface area contributed by atoms with Crippen LogP contribution in [0.2, 0.25) is 0 Å². The predicted octanol–water partition coefficient (Wildman–Crippen LogP) is 3.73. The van der Waals surface area contributed by atoms with Crippen LogP contribution in [-0.4, -0.2) is 68.1 Å². The monoisotopic (exact) mass is 465 g/mol. The first-order valence-corrected chi connectivity index (χ1v) is 10.9. The molecular weight excluding hydrogens is 438 g/mol. The first-order chi connectivity index (χ1) is 16.5. The zero-order chi connectivity index (χ0) is 24.2. The number of benzene rings is 3. The zero-order valence-electron chi connectivity index (χ0n) is 19.4. The number of methoxy groups -OCH3 is 3. The number of nitrogens with zero attached hydrogens (tertiary/aromatic N) is 3. The number of amides is 1. The fourth-order valence-electron chi connectivity index (χ4n) is 4.44. The van der Waals surface area contributed by atoms with Crippen LogP contribution in [0.3, 0.4) is 0 Å². The number of nitro benzene ring substituents is 1. The van der Waals surface area contributed by atoms with Gasteiger partial charge in [0.1, 0.15) is 5.56 Å². The number of piperazine rings is 1. The Bertz CT molecular complexity index is 1220. The van der Waals surface area contributed by atoms with E-state index in [1.165, 1.54) is 43.7 Å². The third-order valence-electron chi connectivity index (χ3n) is 6.15. The maximum atomic E-state index is 13.4. The summed E-state index contributed by atoms with van der Waals surface area (Å²) >= 11 is 0. The molecule has 34 heavy (non-hydrogen) atoms. The van der Waals surface area contributed by atoms with E-state index in [4.69, 9.17) is 14.2 Å². The number of nitro groups is 1. The average molecular weight is 466 g/mol. The van der Waals surface area contributed by atoms with Crippen LogP contribution in [-0.2, 0) is 6.54 Å². The van der Waals surface area contributed by atoms with Gasteiger partial charge < -0.3 is 19.1 Å². The molecule has 0 aromatic heterocycles. The first-order valence-electron chi connectivity index (χ1n) is 10.9. The first kappa shape index (κ1) is 23.3. The van der Waals surface area contributed by atoms with Gasteiger partial charge in [0.25, 0.3) is 5.91 Å². The molecule has 1 amide bonds. The molecular formula is C25H27N3O6. The second-order valence-electron chi connectivity index (χ2n) is 8.01. The van der Waals surface area contributed by atoms with Gasteiger partial charge in [0.2, 0.25) is 11.5 Å². The van der Waals surface area contributed by atoms with Gasteiger partial charge in [0, 0.05) is 38.8 Å². The third-order valence-corrected chi connectivity index (χ3v) is 6.15. The Morgan fingerprint density at radius 1 is 0.941 bits per heavy atom. The van der Waals surface area contributed by atoms with E-state index in [1.807, 2.05) is 12.1 Å². The summed E-state index contributed by atoms with van der Waals surface area (Å²) in [7, 11) is 4.06. The number of hydrogen-bond donors (Lipinski definition) is 0. The topological polar surface area (TPSA) is 94.4 Å². The minimum absolute atomic E-state index is 0.0770. The highest BCUT2D eigenvalue weighted by molar-refractivity contribution is 6.00. The smallest absolute Gasteiger partial charge is 0.327 e. The maximum absolute atomic E-state index is 13.4. The van der Waals surface area contributed by atoms with Gasteiger partial charge in [-0.2, -0.15) is 0 Å². The van der Waals surface area contributed by atoms with Gasteiger partial charge in [-0.15, -0.1) is 0 Å². The van der Waals surface area contributed by atoms with Crippen LogP contribution in [0.4, 0.5) is 5.69 Å². The number of carbonyl (C=O) groups excluding carboxylic acids is 1. The summed E-state index contributed by atoms with van der Waals surface area (Å²) < 4.78 is 15.8. The van der Waals surface area contributed by atoms with Crippen LogP contribution < -0.4 is 14.2 Å². The van der Waals surface area contributed by atoms with Gasteiger partial charge in [-0.1, -0.05) is 42.5 Å². The van der Waals surface area contributed by atoms with E-state index in [0.29, 0.717) is 26.2 Å². The number of ether oxygens (including phenoxy) is 3. The average Bonchev–Trinajstić information content (AvgIpc) is 2.87. The van der Waals surface area contributed by atoms with Crippen LogP contribution in [0.1, 0.15) is 15.9 Å². The molecule has 1 heterocycles. The lowest BCUT2D eigenvalue weighted by Crippen LogP contribution is -2.48. The number of carbonyl (C=O) groups is 1. The summed E-state index contributed by atoms with van der Waals surface area (Å²) in [6.45, 7) is 3.00. The Morgan fingerprint density at radius 2 is 1.62 bits per heavy atom. The largest absolute Gasteiger partial charge is 0.493 e. The van der Waals surface area contributed by atoms with Crippen molar-refractivity contribution >= 4 is 22.4 Å². The van der Waals surface area contributed by atoms with Crippen LogP contribution in [0.5, 0.6) is 17.2 Å². The molecule has 0 saturated carbocycles. The molecule has 0 atom stereocenters. The van der Waals surface area contributed by atoms with E-state index in [1.54, 1.807) is 4.90 Å². The van der Waals surface area contributed by atoms with Crippen LogP contribution in [0.15, 0.2) is 48.5 Å². The van der Waals surface area contributed by atoms with E-state index in [0.717, 1.165) is 6.54 Å². The van der Waals surface area contributed by atoms with E-state index in [-0.39, 0.29) is 22.8 Å². The quantitative estimate of drug-likeness (QED) is 0.388. The number of rotatable bonds is 7. The Morgan fingerprint density at radius 3 is 2.26 bits per heavy atom. The molecule has 3 aromatic rings. The van der Waals surface area contributed by atoms with E-state index >= 15 is 0 Å². The van der Waals surface area contributed by atoms with Gasteiger partial charge in [0.05, 0.1) is 26.3 Å². The van der Waals surface area contributed by atoms with Gasteiger partial charge in [0.15, 0.2) is 5.75 Å². The minimum atomic E-state index is -0.620. The molecule has 1 fully saturated rings. The lowest BCUT2D eigenvalue weighted by Gasteiger charge is -2.35. The van der Waals surface area contributed by atoms with Crippen LogP contribution in [0.25, 0.3) is 10.8 Å². The van der Waals surface area contributed by atoms with Crippen molar-refractivity contribution in [2.45, 2.75) is 6.54 Å². The van der Waals surface area contributed by atoms with E-state index in [2.05, 4.69) is 35.2 Å². The Hall–Kier alpha value is -3.85. The Labute approximate surface area is 197 Å². The van der Waals surface area contributed by atoms with Crippen molar-refractivity contribution in [1.82, 2.24) is 9.80 Å². The summed E-state index contributed by atoms with van der Waals surface area (Å²) in [5.74, 6) is -0.295.